The molecule has 0 aliphatic carbocycles. The van der Waals surface area contributed by atoms with Crippen LogP contribution in [0.1, 0.15) is 0 Å². The van der Waals surface area contributed by atoms with Gasteiger partial charge in [0.15, 0.2) is 5.96 Å². The van der Waals surface area contributed by atoms with Crippen LogP contribution >= 0.6 is 0 Å². The molecular formula is C9H8N3. The number of hydrogen-bond donors (Lipinski definition) is 2. The summed E-state index contributed by atoms with van der Waals surface area (Å²) >= 11 is 0. The molecule has 3 heteroatoms. The number of nitrogens with two attached hydrogens (primary N) is 1. The minimum absolute atomic E-state index is 0.0381. The van der Waals surface area contributed by atoms with Gasteiger partial charge in [-0.3, -0.25) is 9.98 Å². The number of nitrogens with zero attached hydrogens (tertiary/aromatic N) is 1. The van der Waals surface area contributed by atoms with Crippen LogP contribution in [0.15, 0.2) is 30.5 Å². The summed E-state index contributed by atoms with van der Waals surface area (Å²) in [7, 11) is 0. The van der Waals surface area contributed by atoms with Gasteiger partial charge in [-0.15, -0.1) is 0 Å². The van der Waals surface area contributed by atoms with E-state index in [1.165, 1.54) is 0 Å². The molecule has 0 unspecified atom stereocenters. The zero-order valence-corrected chi connectivity index (χ0v) is 6.41. The number of hydrogen-bond acceptors (Lipinski definition) is 1. The van der Waals surface area contributed by atoms with Crippen molar-refractivity contribution in [2.75, 3.05) is 0 Å². The Morgan fingerprint density at radius 3 is 3.08 bits per heavy atom. The normalized spacial score (nSPS) is 10.3. The average Bonchev–Trinajstić information content (AvgIpc) is 2.47. The molecule has 0 aliphatic heterocycles. The summed E-state index contributed by atoms with van der Waals surface area (Å²) in [5.74, 6) is 0.0381. The quantitative estimate of drug-likeness (QED) is 0.439. The maximum Gasteiger partial charge on any atom is 0.197 e. The number of aromatic nitrogens is 1. The van der Waals surface area contributed by atoms with Gasteiger partial charge in [0.05, 0.1) is 5.52 Å². The summed E-state index contributed by atoms with van der Waals surface area (Å²) < 4.78 is 1.63. The van der Waals surface area contributed by atoms with Crippen LogP contribution in [0.5, 0.6) is 0 Å². The van der Waals surface area contributed by atoms with E-state index in [9.17, 15) is 0 Å². The van der Waals surface area contributed by atoms with Gasteiger partial charge in [-0.1, -0.05) is 6.07 Å². The Kier molecular flexibility index (Phi) is 1.37. The number of benzene rings is 1. The van der Waals surface area contributed by atoms with E-state index >= 15 is 0 Å². The highest BCUT2D eigenvalue weighted by Gasteiger charge is 1.99. The second kappa shape index (κ2) is 2.37. The maximum atomic E-state index is 7.26. The van der Waals surface area contributed by atoms with Gasteiger partial charge in [0.1, 0.15) is 0 Å². The van der Waals surface area contributed by atoms with Crippen LogP contribution in [-0.4, -0.2) is 10.5 Å². The van der Waals surface area contributed by atoms with E-state index in [1.807, 2.05) is 24.3 Å². The third-order valence-electron chi connectivity index (χ3n) is 1.79. The molecule has 2 aromatic rings. The lowest BCUT2D eigenvalue weighted by Crippen LogP contribution is -2.19. The summed E-state index contributed by atoms with van der Waals surface area (Å²) in [6, 6.07) is 10.4. The zero-order chi connectivity index (χ0) is 8.55. The first-order valence-electron chi connectivity index (χ1n) is 3.60. The minimum atomic E-state index is 0.0381. The zero-order valence-electron chi connectivity index (χ0n) is 6.41. The minimum Gasteiger partial charge on any atom is -0.369 e. The van der Waals surface area contributed by atoms with Crippen molar-refractivity contribution >= 4 is 16.9 Å². The van der Waals surface area contributed by atoms with Gasteiger partial charge in [0.2, 0.25) is 0 Å². The van der Waals surface area contributed by atoms with E-state index in [0.717, 1.165) is 10.9 Å². The van der Waals surface area contributed by atoms with Crippen molar-refractivity contribution in [1.29, 1.82) is 5.41 Å². The van der Waals surface area contributed by atoms with Gasteiger partial charge >= 0.3 is 0 Å². The standard InChI is InChI=1S/C9H8N3/c10-9(11)12-6-5-7-3-1-2-4-8(7)12/h2-6H,(H3,10,11). The van der Waals surface area contributed by atoms with Crippen LogP contribution in [0.3, 0.4) is 0 Å². The highest BCUT2D eigenvalue weighted by molar-refractivity contribution is 5.91. The molecule has 1 radical (unpaired) electrons. The van der Waals surface area contributed by atoms with Crippen LogP contribution < -0.4 is 5.73 Å². The lowest BCUT2D eigenvalue weighted by Gasteiger charge is -1.99. The molecule has 2 rings (SSSR count). The van der Waals surface area contributed by atoms with Gasteiger partial charge in [-0.25, -0.2) is 0 Å². The summed E-state index contributed by atoms with van der Waals surface area (Å²) in [4.78, 5) is 0. The topological polar surface area (TPSA) is 54.8 Å². The number of nitrogen functional groups attached to an aromatic ring is 1. The molecule has 1 aromatic carbocycles. The Labute approximate surface area is 69.9 Å². The first kappa shape index (κ1) is 6.91. The van der Waals surface area contributed by atoms with Crippen molar-refractivity contribution in [3.8, 4) is 0 Å². The van der Waals surface area contributed by atoms with Crippen molar-refractivity contribution in [3.63, 3.8) is 0 Å². The molecule has 3 N–H and O–H groups in total. The molecule has 12 heavy (non-hydrogen) atoms. The Balaban J connectivity index is 2.79. The summed E-state index contributed by atoms with van der Waals surface area (Å²) in [6.45, 7) is 0. The smallest absolute Gasteiger partial charge is 0.197 e. The fourth-order valence-corrected chi connectivity index (χ4v) is 1.23. The molecule has 1 aromatic heterocycles. The fraction of sp³-hybridized carbons (Fsp3) is 0. The second-order valence-electron chi connectivity index (χ2n) is 2.56. The molecule has 59 valence electrons. The first-order chi connectivity index (χ1) is 5.79. The van der Waals surface area contributed by atoms with Gasteiger partial charge < -0.3 is 5.73 Å². The molecule has 0 spiro atoms. The average molecular weight is 158 g/mol. The summed E-state index contributed by atoms with van der Waals surface area (Å²) in [5, 5.41) is 8.31. The van der Waals surface area contributed by atoms with E-state index in [1.54, 1.807) is 10.8 Å². The molecule has 3 nitrogen and oxygen atoms in total. The molecule has 0 fully saturated rings. The number of fused-ring (bicyclic) bond motifs is 1. The second-order valence-corrected chi connectivity index (χ2v) is 2.56. The molecule has 0 saturated carbocycles. The van der Waals surface area contributed by atoms with E-state index < -0.39 is 0 Å². The monoisotopic (exact) mass is 158 g/mol. The first-order valence-corrected chi connectivity index (χ1v) is 3.60. The van der Waals surface area contributed by atoms with Crippen LogP contribution in [0.25, 0.3) is 10.9 Å². The van der Waals surface area contributed by atoms with Gasteiger partial charge in [-0.05, 0) is 24.3 Å². The molecule has 0 saturated heterocycles. The predicted molar refractivity (Wildman–Crippen MR) is 48.1 cm³/mol. The third-order valence-corrected chi connectivity index (χ3v) is 1.79. The number of rotatable bonds is 0. The lowest BCUT2D eigenvalue weighted by molar-refractivity contribution is 1.15. The summed E-state index contributed by atoms with van der Waals surface area (Å²) in [6.07, 6.45) is 1.78. The fourth-order valence-electron chi connectivity index (χ4n) is 1.23. The Bertz CT molecular complexity index is 428. The van der Waals surface area contributed by atoms with Gasteiger partial charge in [-0.2, -0.15) is 0 Å². The lowest BCUT2D eigenvalue weighted by atomic mass is 10.2. The summed E-state index contributed by atoms with van der Waals surface area (Å²) in [5.41, 5.74) is 6.31. The molecule has 0 amide bonds. The molecule has 1 heterocycles. The maximum absolute atomic E-state index is 7.26. The van der Waals surface area contributed by atoms with Crippen molar-refractivity contribution in [1.82, 2.24) is 4.57 Å². The SMILES string of the molecule is N=C(N)n1ccc2c[c]ccc21. The Hall–Kier alpha value is -1.77. The van der Waals surface area contributed by atoms with Crippen LogP contribution in [0.4, 0.5) is 0 Å². The molecule has 0 aliphatic rings. The van der Waals surface area contributed by atoms with E-state index in [2.05, 4.69) is 6.07 Å². The van der Waals surface area contributed by atoms with Crippen LogP contribution in [0.2, 0.25) is 0 Å². The third kappa shape index (κ3) is 0.871. The highest BCUT2D eigenvalue weighted by Crippen LogP contribution is 2.13. The van der Waals surface area contributed by atoms with E-state index in [4.69, 9.17) is 11.1 Å². The van der Waals surface area contributed by atoms with E-state index in [-0.39, 0.29) is 5.96 Å². The molecular weight excluding hydrogens is 150 g/mol. The van der Waals surface area contributed by atoms with Crippen molar-refractivity contribution in [2.45, 2.75) is 0 Å². The van der Waals surface area contributed by atoms with Crippen molar-refractivity contribution in [3.05, 3.63) is 36.5 Å². The van der Waals surface area contributed by atoms with Crippen LogP contribution in [0, 0.1) is 11.5 Å². The largest absolute Gasteiger partial charge is 0.369 e. The van der Waals surface area contributed by atoms with Crippen molar-refractivity contribution in [2.24, 2.45) is 5.73 Å². The van der Waals surface area contributed by atoms with Crippen LogP contribution in [-0.2, 0) is 0 Å². The Morgan fingerprint density at radius 2 is 2.33 bits per heavy atom. The van der Waals surface area contributed by atoms with Gasteiger partial charge in [0, 0.05) is 11.6 Å². The number of nitrogens with one attached hydrogen (secondary N) is 1. The van der Waals surface area contributed by atoms with E-state index in [0.29, 0.717) is 0 Å². The highest BCUT2D eigenvalue weighted by atomic mass is 15.1. The Morgan fingerprint density at radius 1 is 1.50 bits per heavy atom. The molecule has 0 atom stereocenters. The molecule has 0 bridgehead atoms. The van der Waals surface area contributed by atoms with Gasteiger partial charge in [0.25, 0.3) is 0 Å². The predicted octanol–water partition coefficient (Wildman–Crippen LogP) is 1.18. The van der Waals surface area contributed by atoms with Crippen molar-refractivity contribution < 1.29 is 0 Å².